The van der Waals surface area contributed by atoms with E-state index in [1.54, 1.807) is 6.07 Å². The Morgan fingerprint density at radius 3 is 2.91 bits per heavy atom. The molecule has 23 heavy (non-hydrogen) atoms. The molecule has 0 bridgehead atoms. The van der Waals surface area contributed by atoms with Gasteiger partial charge in [-0.05, 0) is 25.1 Å². The third-order valence-electron chi connectivity index (χ3n) is 3.41. The lowest BCUT2D eigenvalue weighted by molar-refractivity contribution is 0.103. The molecular weight excluding hydrogens is 304 g/mol. The van der Waals surface area contributed by atoms with Crippen molar-refractivity contribution in [1.82, 2.24) is 9.97 Å². The van der Waals surface area contributed by atoms with Crippen LogP contribution < -0.4 is 10.5 Å². The number of carbonyl (C=O) groups excluding carboxylic acids is 1. The molecule has 0 aliphatic heterocycles. The number of nitrogens with zero attached hydrogens (tertiary/aromatic N) is 1. The minimum atomic E-state index is -1.07. The highest BCUT2D eigenvalue weighted by atomic mass is 19.1. The van der Waals surface area contributed by atoms with Crippen LogP contribution in [0.1, 0.15) is 22.8 Å². The van der Waals surface area contributed by atoms with E-state index in [0.29, 0.717) is 23.4 Å². The average Bonchev–Trinajstić information content (AvgIpc) is 2.95. The lowest BCUT2D eigenvalue weighted by atomic mass is 10.0. The summed E-state index contributed by atoms with van der Waals surface area (Å²) < 4.78 is 33.3. The summed E-state index contributed by atoms with van der Waals surface area (Å²) in [4.78, 5) is 19.5. The number of anilines is 1. The lowest BCUT2D eigenvalue weighted by Crippen LogP contribution is -2.09. The van der Waals surface area contributed by atoms with Crippen LogP contribution in [0.25, 0.3) is 11.0 Å². The fraction of sp³-hybridized carbons (Fsp3) is 0.125. The number of ketones is 1. The van der Waals surface area contributed by atoms with Crippen LogP contribution >= 0.6 is 0 Å². The van der Waals surface area contributed by atoms with Gasteiger partial charge in [-0.25, -0.2) is 13.8 Å². The monoisotopic (exact) mass is 317 g/mol. The molecule has 0 spiro atoms. The number of fused-ring (bicyclic) bond motifs is 1. The number of nitrogen functional groups attached to an aromatic ring is 1. The van der Waals surface area contributed by atoms with Crippen molar-refractivity contribution in [3.05, 3.63) is 53.4 Å². The Balaban J connectivity index is 2.15. The second kappa shape index (κ2) is 5.68. The number of nitrogens with one attached hydrogen (secondary N) is 1. The maximum absolute atomic E-state index is 14.1. The van der Waals surface area contributed by atoms with E-state index in [4.69, 9.17) is 10.5 Å². The van der Waals surface area contributed by atoms with Crippen molar-refractivity contribution < 1.29 is 18.3 Å². The van der Waals surface area contributed by atoms with Crippen molar-refractivity contribution in [2.75, 3.05) is 12.3 Å². The van der Waals surface area contributed by atoms with Crippen molar-refractivity contribution in [3.63, 3.8) is 0 Å². The first kappa shape index (κ1) is 15.0. The summed E-state index contributed by atoms with van der Waals surface area (Å²) in [5.41, 5.74) is 4.96. The topological polar surface area (TPSA) is 81.0 Å². The zero-order chi connectivity index (χ0) is 16.6. The molecule has 2 heterocycles. The van der Waals surface area contributed by atoms with Gasteiger partial charge < -0.3 is 15.5 Å². The summed E-state index contributed by atoms with van der Waals surface area (Å²) in [5, 5.41) is 0.419. The Kier molecular flexibility index (Phi) is 3.69. The lowest BCUT2D eigenvalue weighted by Gasteiger charge is -2.06. The number of hydrogen-bond donors (Lipinski definition) is 2. The molecule has 0 unspecified atom stereocenters. The van der Waals surface area contributed by atoms with Crippen LogP contribution in [0.4, 0.5) is 14.5 Å². The molecule has 2 aromatic heterocycles. The molecule has 3 aromatic rings. The van der Waals surface area contributed by atoms with Gasteiger partial charge in [0.1, 0.15) is 17.2 Å². The highest BCUT2D eigenvalue weighted by Crippen LogP contribution is 2.27. The maximum Gasteiger partial charge on any atom is 0.201 e. The molecule has 0 amide bonds. The normalized spacial score (nSPS) is 10.9. The molecule has 5 nitrogen and oxygen atoms in total. The number of halogens is 2. The summed E-state index contributed by atoms with van der Waals surface area (Å²) in [6.07, 6.45) is 2.86. The van der Waals surface area contributed by atoms with Crippen LogP contribution in [0.3, 0.4) is 0 Å². The number of pyridine rings is 1. The van der Waals surface area contributed by atoms with Gasteiger partial charge in [0, 0.05) is 17.1 Å². The molecule has 0 saturated carbocycles. The third-order valence-corrected chi connectivity index (χ3v) is 3.41. The van der Waals surface area contributed by atoms with Gasteiger partial charge in [0.2, 0.25) is 5.78 Å². The van der Waals surface area contributed by atoms with E-state index in [0.717, 1.165) is 12.1 Å². The molecule has 3 rings (SSSR count). The molecule has 1 aromatic carbocycles. The summed E-state index contributed by atoms with van der Waals surface area (Å²) in [6.45, 7) is 2.24. The van der Waals surface area contributed by atoms with Crippen molar-refractivity contribution >= 4 is 22.5 Å². The number of hydrogen-bond acceptors (Lipinski definition) is 4. The fourth-order valence-electron chi connectivity index (χ4n) is 2.33. The van der Waals surface area contributed by atoms with Crippen molar-refractivity contribution in [2.24, 2.45) is 0 Å². The van der Waals surface area contributed by atoms with Gasteiger partial charge in [0.15, 0.2) is 5.82 Å². The van der Waals surface area contributed by atoms with Crippen LogP contribution in [0, 0.1) is 11.6 Å². The smallest absolute Gasteiger partial charge is 0.201 e. The zero-order valence-corrected chi connectivity index (χ0v) is 12.2. The highest BCUT2D eigenvalue weighted by Gasteiger charge is 2.23. The number of rotatable bonds is 4. The third kappa shape index (κ3) is 2.50. The number of aromatic amines is 1. The largest absolute Gasteiger partial charge is 0.492 e. The van der Waals surface area contributed by atoms with Gasteiger partial charge in [-0.1, -0.05) is 0 Å². The molecule has 0 atom stereocenters. The van der Waals surface area contributed by atoms with Crippen molar-refractivity contribution in [1.29, 1.82) is 0 Å². The number of carbonyl (C=O) groups is 1. The average molecular weight is 317 g/mol. The number of aromatic nitrogens is 2. The van der Waals surface area contributed by atoms with Gasteiger partial charge in [-0.3, -0.25) is 4.79 Å². The maximum atomic E-state index is 14.1. The molecule has 0 radical (unpaired) electrons. The summed E-state index contributed by atoms with van der Waals surface area (Å²) >= 11 is 0. The van der Waals surface area contributed by atoms with E-state index in [-0.39, 0.29) is 11.3 Å². The predicted octanol–water partition coefficient (Wildman–Crippen LogP) is 3.05. The van der Waals surface area contributed by atoms with Crippen molar-refractivity contribution in [2.45, 2.75) is 6.92 Å². The van der Waals surface area contributed by atoms with Gasteiger partial charge in [-0.2, -0.15) is 0 Å². The number of ether oxygens (including phenoxy) is 1. The van der Waals surface area contributed by atoms with Crippen LogP contribution in [0.2, 0.25) is 0 Å². The van der Waals surface area contributed by atoms with Gasteiger partial charge >= 0.3 is 0 Å². The van der Waals surface area contributed by atoms with Crippen LogP contribution in [-0.4, -0.2) is 22.4 Å². The Labute approximate surface area is 130 Å². The first-order valence-corrected chi connectivity index (χ1v) is 6.91. The summed E-state index contributed by atoms with van der Waals surface area (Å²) in [6, 6.07) is 3.63. The first-order chi connectivity index (χ1) is 11.0. The van der Waals surface area contributed by atoms with Gasteiger partial charge in [0.25, 0.3) is 0 Å². The first-order valence-electron chi connectivity index (χ1n) is 6.91. The second-order valence-electron chi connectivity index (χ2n) is 4.86. The van der Waals surface area contributed by atoms with E-state index in [1.807, 2.05) is 6.92 Å². The van der Waals surface area contributed by atoms with Gasteiger partial charge in [-0.15, -0.1) is 0 Å². The van der Waals surface area contributed by atoms with E-state index >= 15 is 0 Å². The molecule has 3 N–H and O–H groups in total. The minimum absolute atomic E-state index is 0.0949. The summed E-state index contributed by atoms with van der Waals surface area (Å²) in [5.74, 6) is -2.39. The second-order valence-corrected chi connectivity index (χ2v) is 4.86. The quantitative estimate of drug-likeness (QED) is 0.572. The molecule has 118 valence electrons. The van der Waals surface area contributed by atoms with E-state index in [2.05, 4.69) is 9.97 Å². The Bertz CT molecular complexity index is 906. The molecule has 0 fully saturated rings. The Morgan fingerprint density at radius 1 is 1.39 bits per heavy atom. The van der Waals surface area contributed by atoms with Crippen LogP contribution in [0.15, 0.2) is 30.6 Å². The predicted molar refractivity (Wildman–Crippen MR) is 81.5 cm³/mol. The standard InChI is InChI=1S/C16H13F2N3O2/c1-2-23-8-5-9-10(7-21-16(9)20-6-8)15(22)13-11(17)3-4-12(19)14(13)18/h3-7H,2,19H2,1H3,(H,20,21). The SMILES string of the molecule is CCOc1cnc2[nH]cc(C(=O)c3c(F)ccc(N)c3F)c2c1. The van der Waals surface area contributed by atoms with Gasteiger partial charge in [0.05, 0.1) is 24.1 Å². The number of nitrogens with two attached hydrogens (primary N) is 1. The molecule has 7 heteroatoms. The van der Waals surface area contributed by atoms with E-state index in [1.165, 1.54) is 12.4 Å². The van der Waals surface area contributed by atoms with E-state index < -0.39 is 23.0 Å². The zero-order valence-electron chi connectivity index (χ0n) is 12.2. The van der Waals surface area contributed by atoms with Crippen molar-refractivity contribution in [3.8, 4) is 5.75 Å². The minimum Gasteiger partial charge on any atom is -0.492 e. The molecule has 0 aliphatic rings. The molecular formula is C16H13F2N3O2. The molecule has 0 aliphatic carbocycles. The Morgan fingerprint density at radius 2 is 2.17 bits per heavy atom. The number of H-pyrrole nitrogens is 1. The number of benzene rings is 1. The summed E-state index contributed by atoms with van der Waals surface area (Å²) in [7, 11) is 0. The van der Waals surface area contributed by atoms with Crippen LogP contribution in [0.5, 0.6) is 5.75 Å². The molecule has 0 saturated heterocycles. The van der Waals surface area contributed by atoms with Crippen LogP contribution in [-0.2, 0) is 0 Å². The van der Waals surface area contributed by atoms with E-state index in [9.17, 15) is 13.6 Å². The fourth-order valence-corrected chi connectivity index (χ4v) is 2.33. The highest BCUT2D eigenvalue weighted by molar-refractivity contribution is 6.16. The Hall–Kier alpha value is -2.96.